The molecule has 1 aliphatic heterocycles. The Kier molecular flexibility index (Phi) is 5.05. The molecule has 0 unspecified atom stereocenters. The van der Waals surface area contributed by atoms with Gasteiger partial charge in [-0.2, -0.15) is 0 Å². The van der Waals surface area contributed by atoms with Crippen LogP contribution in [0.5, 0.6) is 0 Å². The van der Waals surface area contributed by atoms with Crippen LogP contribution in [0, 0.1) is 12.3 Å². The van der Waals surface area contributed by atoms with E-state index in [1.165, 1.54) is 6.20 Å². The van der Waals surface area contributed by atoms with Crippen molar-refractivity contribution >= 4 is 17.5 Å². The highest BCUT2D eigenvalue weighted by atomic mass is 35.5. The third kappa shape index (κ3) is 3.01. The first kappa shape index (κ1) is 17.5. The van der Waals surface area contributed by atoms with Crippen molar-refractivity contribution in [3.05, 3.63) is 22.7 Å². The van der Waals surface area contributed by atoms with Crippen LogP contribution in [0.3, 0.4) is 0 Å². The molecule has 1 saturated heterocycles. The Morgan fingerprint density at radius 2 is 2.21 bits per heavy atom. The normalized spacial score (nSPS) is 25.6. The summed E-state index contributed by atoms with van der Waals surface area (Å²) in [6, 6.07) is 0. The summed E-state index contributed by atoms with van der Waals surface area (Å²) in [4.78, 5) is 22.5. The summed E-state index contributed by atoms with van der Waals surface area (Å²) in [7, 11) is 0. The molecule has 0 bridgehead atoms. The molecule has 0 aromatic carbocycles. The number of aryl methyl sites for hydroxylation is 1. The average Bonchev–Trinajstić information content (AvgIpc) is 2.60. The van der Waals surface area contributed by atoms with Crippen molar-refractivity contribution in [2.75, 3.05) is 26.3 Å². The van der Waals surface area contributed by atoms with Crippen molar-refractivity contribution in [2.45, 2.75) is 38.4 Å². The van der Waals surface area contributed by atoms with Crippen LogP contribution in [0.15, 0.2) is 6.20 Å². The van der Waals surface area contributed by atoms with Gasteiger partial charge in [0.1, 0.15) is 5.82 Å². The van der Waals surface area contributed by atoms with Gasteiger partial charge in [-0.3, -0.25) is 4.79 Å². The van der Waals surface area contributed by atoms with Crippen LogP contribution in [0.25, 0.3) is 0 Å². The highest BCUT2D eigenvalue weighted by molar-refractivity contribution is 6.33. The van der Waals surface area contributed by atoms with E-state index < -0.39 is 6.10 Å². The lowest BCUT2D eigenvalue weighted by molar-refractivity contribution is -0.211. The Hall–Kier alpha value is -1.28. The van der Waals surface area contributed by atoms with Crippen molar-refractivity contribution in [3.8, 4) is 0 Å². The van der Waals surface area contributed by atoms with E-state index in [1.807, 2.05) is 0 Å². The predicted octanol–water partition coefficient (Wildman–Crippen LogP) is 0.803. The molecule has 7 nitrogen and oxygen atoms in total. The molecular formula is C16H22ClN3O4. The number of rotatable bonds is 4. The topological polar surface area (TPSA) is 95.8 Å². The molecule has 8 heteroatoms. The minimum Gasteiger partial charge on any atom is -0.394 e. The summed E-state index contributed by atoms with van der Waals surface area (Å²) in [6.07, 6.45) is 2.89. The van der Waals surface area contributed by atoms with Crippen LogP contribution in [0.2, 0.25) is 5.02 Å². The third-order valence-electron chi connectivity index (χ3n) is 5.20. The molecule has 1 saturated carbocycles. The number of piperidine rings is 1. The first-order valence-corrected chi connectivity index (χ1v) is 8.54. The monoisotopic (exact) mass is 355 g/mol. The number of nitrogens with zero attached hydrogens (tertiary/aromatic N) is 3. The number of carbonyl (C=O) groups is 1. The van der Waals surface area contributed by atoms with E-state index >= 15 is 0 Å². The zero-order valence-electron chi connectivity index (χ0n) is 13.6. The van der Waals surface area contributed by atoms with Crippen LogP contribution in [-0.4, -0.2) is 69.5 Å². The molecule has 1 aromatic heterocycles. The quantitative estimate of drug-likeness (QED) is 0.829. The predicted molar refractivity (Wildman–Crippen MR) is 86.8 cm³/mol. The second-order valence-electron chi connectivity index (χ2n) is 6.47. The molecule has 2 atom stereocenters. The Labute approximate surface area is 145 Å². The smallest absolute Gasteiger partial charge is 0.274 e. The van der Waals surface area contributed by atoms with Gasteiger partial charge in [0.05, 0.1) is 36.6 Å². The highest BCUT2D eigenvalue weighted by Gasteiger charge is 2.56. The van der Waals surface area contributed by atoms with Crippen molar-refractivity contribution < 1.29 is 19.7 Å². The fraction of sp³-hybridized carbons (Fsp3) is 0.688. The fourth-order valence-electron chi connectivity index (χ4n) is 3.69. The van der Waals surface area contributed by atoms with E-state index in [2.05, 4.69) is 9.97 Å². The average molecular weight is 356 g/mol. The van der Waals surface area contributed by atoms with Crippen molar-refractivity contribution in [2.24, 2.45) is 5.41 Å². The van der Waals surface area contributed by atoms with Gasteiger partial charge in [0, 0.05) is 24.9 Å². The molecule has 1 aliphatic carbocycles. The van der Waals surface area contributed by atoms with Crippen LogP contribution in [0.1, 0.15) is 35.6 Å². The number of hydrogen-bond acceptors (Lipinski definition) is 6. The maximum absolute atomic E-state index is 12.6. The lowest BCUT2D eigenvalue weighted by Crippen LogP contribution is -2.62. The molecule has 24 heavy (non-hydrogen) atoms. The molecule has 0 radical (unpaired) electrons. The van der Waals surface area contributed by atoms with Gasteiger partial charge in [-0.1, -0.05) is 11.6 Å². The zero-order chi connectivity index (χ0) is 17.3. The van der Waals surface area contributed by atoms with Crippen LogP contribution >= 0.6 is 11.6 Å². The van der Waals surface area contributed by atoms with Gasteiger partial charge in [-0.05, 0) is 19.8 Å². The molecular weight excluding hydrogens is 334 g/mol. The summed E-state index contributed by atoms with van der Waals surface area (Å²) < 4.78 is 5.65. The number of aromatic nitrogens is 2. The SMILES string of the molecule is Cc1ncc(Cl)c(C(=O)N2CCC3(CC2)[C@H](O)C[C@@H]3OCCO)n1. The summed E-state index contributed by atoms with van der Waals surface area (Å²) in [5, 5.41) is 19.4. The molecule has 2 fully saturated rings. The second-order valence-corrected chi connectivity index (χ2v) is 6.88. The van der Waals surface area contributed by atoms with Gasteiger partial charge in [0.2, 0.25) is 0 Å². The zero-order valence-corrected chi connectivity index (χ0v) is 14.4. The summed E-state index contributed by atoms with van der Waals surface area (Å²) in [6.45, 7) is 3.01. The Bertz CT molecular complexity index is 619. The largest absolute Gasteiger partial charge is 0.394 e. The Morgan fingerprint density at radius 3 is 2.83 bits per heavy atom. The van der Waals surface area contributed by atoms with Gasteiger partial charge in [-0.15, -0.1) is 0 Å². The maximum Gasteiger partial charge on any atom is 0.274 e. The number of likely N-dealkylation sites (tertiary alicyclic amines) is 1. The summed E-state index contributed by atoms with van der Waals surface area (Å²) in [5.41, 5.74) is -0.0838. The molecule has 132 valence electrons. The van der Waals surface area contributed by atoms with E-state index in [-0.39, 0.29) is 41.4 Å². The molecule has 1 aromatic rings. The van der Waals surface area contributed by atoms with Crippen molar-refractivity contribution in [1.29, 1.82) is 0 Å². The van der Waals surface area contributed by atoms with E-state index in [0.717, 1.165) is 0 Å². The lowest BCUT2D eigenvalue weighted by Gasteiger charge is -2.56. The van der Waals surface area contributed by atoms with Crippen molar-refractivity contribution in [3.63, 3.8) is 0 Å². The van der Waals surface area contributed by atoms with Crippen LogP contribution in [0.4, 0.5) is 0 Å². The highest BCUT2D eigenvalue weighted by Crippen LogP contribution is 2.51. The minimum atomic E-state index is -0.414. The molecule has 1 spiro atoms. The van der Waals surface area contributed by atoms with Gasteiger partial charge < -0.3 is 19.8 Å². The molecule has 2 aliphatic rings. The van der Waals surface area contributed by atoms with E-state index in [4.69, 9.17) is 21.4 Å². The van der Waals surface area contributed by atoms with Crippen LogP contribution < -0.4 is 0 Å². The third-order valence-corrected chi connectivity index (χ3v) is 5.48. The number of amides is 1. The molecule has 2 heterocycles. The minimum absolute atomic E-state index is 0.0289. The van der Waals surface area contributed by atoms with Crippen molar-refractivity contribution in [1.82, 2.24) is 14.9 Å². The van der Waals surface area contributed by atoms with Gasteiger partial charge >= 0.3 is 0 Å². The number of halogens is 1. The second kappa shape index (κ2) is 6.92. The molecule has 1 amide bonds. The summed E-state index contributed by atoms with van der Waals surface area (Å²) in [5.74, 6) is 0.296. The standard InChI is InChI=1S/C16H22ClN3O4/c1-10-18-9-11(17)14(19-10)15(23)20-4-2-16(3-5-20)12(22)8-13(16)24-7-6-21/h9,12-13,21-22H,2-8H2,1H3/t12-,13+/m1/s1. The summed E-state index contributed by atoms with van der Waals surface area (Å²) >= 11 is 6.05. The Morgan fingerprint density at radius 1 is 1.50 bits per heavy atom. The van der Waals surface area contributed by atoms with E-state index in [9.17, 15) is 9.90 Å². The number of aliphatic hydroxyl groups is 2. The maximum atomic E-state index is 12.6. The van der Waals surface area contributed by atoms with Gasteiger partial charge in [0.25, 0.3) is 5.91 Å². The fourth-order valence-corrected chi connectivity index (χ4v) is 3.86. The molecule has 2 N–H and O–H groups in total. The number of ether oxygens (including phenoxy) is 1. The van der Waals surface area contributed by atoms with Gasteiger partial charge in [-0.25, -0.2) is 9.97 Å². The van der Waals surface area contributed by atoms with Gasteiger partial charge in [0.15, 0.2) is 5.69 Å². The molecule has 3 rings (SSSR count). The Balaban J connectivity index is 1.66. The first-order chi connectivity index (χ1) is 11.5. The number of hydrogen-bond donors (Lipinski definition) is 2. The van der Waals surface area contributed by atoms with E-state index in [1.54, 1.807) is 11.8 Å². The first-order valence-electron chi connectivity index (χ1n) is 8.17. The number of aliphatic hydroxyl groups excluding tert-OH is 2. The van der Waals surface area contributed by atoms with E-state index in [0.29, 0.717) is 38.2 Å². The number of carbonyl (C=O) groups excluding carboxylic acids is 1. The lowest BCUT2D eigenvalue weighted by atomic mass is 9.58. The van der Waals surface area contributed by atoms with Crippen LogP contribution in [-0.2, 0) is 4.74 Å².